The Morgan fingerprint density at radius 1 is 1.42 bits per heavy atom. The molecule has 6 heteroatoms. The summed E-state index contributed by atoms with van der Waals surface area (Å²) in [5.74, 6) is 0.379. The summed E-state index contributed by atoms with van der Waals surface area (Å²) < 4.78 is 10.1. The van der Waals surface area contributed by atoms with Crippen LogP contribution in [0.5, 0.6) is 0 Å². The van der Waals surface area contributed by atoms with Gasteiger partial charge in [-0.1, -0.05) is 16.8 Å². The Morgan fingerprint density at radius 2 is 2.21 bits per heavy atom. The third-order valence-corrected chi connectivity index (χ3v) is 2.79. The van der Waals surface area contributed by atoms with Gasteiger partial charge in [-0.05, 0) is 30.3 Å². The Bertz CT molecular complexity index is 633. The number of rotatable bonds is 3. The second-order valence-electron chi connectivity index (χ2n) is 3.63. The summed E-state index contributed by atoms with van der Waals surface area (Å²) in [4.78, 5) is 11.5. The first kappa shape index (κ1) is 13.2. The van der Waals surface area contributed by atoms with E-state index in [4.69, 9.17) is 21.2 Å². The van der Waals surface area contributed by atoms with Gasteiger partial charge in [-0.3, -0.25) is 0 Å². The first-order valence-electron chi connectivity index (χ1n) is 5.31. The quantitative estimate of drug-likeness (QED) is 0.405. The number of ether oxygens (including phenoxy) is 1. The maximum atomic E-state index is 11.5. The van der Waals surface area contributed by atoms with E-state index in [2.05, 4.69) is 9.89 Å². The summed E-state index contributed by atoms with van der Waals surface area (Å²) in [5.41, 5.74) is 0.929. The molecule has 1 heterocycles. The van der Waals surface area contributed by atoms with E-state index in [9.17, 15) is 4.79 Å². The molecule has 0 unspecified atom stereocenters. The van der Waals surface area contributed by atoms with E-state index in [0.29, 0.717) is 27.7 Å². The van der Waals surface area contributed by atoms with Crippen molar-refractivity contribution in [1.29, 1.82) is 0 Å². The molecule has 0 saturated carbocycles. The van der Waals surface area contributed by atoms with Crippen molar-refractivity contribution in [2.45, 2.75) is 0 Å². The molecule has 0 aliphatic carbocycles. The number of hydrogen-bond acceptors (Lipinski definition) is 5. The van der Waals surface area contributed by atoms with E-state index in [1.807, 2.05) is 0 Å². The maximum Gasteiger partial charge on any atom is 0.337 e. The molecule has 1 N–H and O–H groups in total. The second kappa shape index (κ2) is 5.58. The van der Waals surface area contributed by atoms with E-state index >= 15 is 0 Å². The number of furan rings is 1. The van der Waals surface area contributed by atoms with Gasteiger partial charge in [-0.15, -0.1) is 0 Å². The Labute approximate surface area is 114 Å². The Hall–Kier alpha value is -2.27. The van der Waals surface area contributed by atoms with Gasteiger partial charge in [0.1, 0.15) is 17.7 Å². The molecular formula is C13H10ClNO4. The van der Waals surface area contributed by atoms with Gasteiger partial charge in [0.05, 0.1) is 17.7 Å². The van der Waals surface area contributed by atoms with Crippen molar-refractivity contribution in [1.82, 2.24) is 0 Å². The fourth-order valence-corrected chi connectivity index (χ4v) is 1.79. The van der Waals surface area contributed by atoms with E-state index in [1.54, 1.807) is 30.3 Å². The van der Waals surface area contributed by atoms with Crippen LogP contribution in [0.25, 0.3) is 11.3 Å². The molecule has 0 amide bonds. The molecular weight excluding hydrogens is 270 g/mol. The van der Waals surface area contributed by atoms with Gasteiger partial charge >= 0.3 is 5.97 Å². The van der Waals surface area contributed by atoms with Crippen molar-refractivity contribution in [3.8, 4) is 11.3 Å². The van der Waals surface area contributed by atoms with Gasteiger partial charge in [0.15, 0.2) is 0 Å². The van der Waals surface area contributed by atoms with Gasteiger partial charge in [0.25, 0.3) is 0 Å². The highest BCUT2D eigenvalue weighted by molar-refractivity contribution is 6.33. The van der Waals surface area contributed by atoms with Crippen LogP contribution in [-0.2, 0) is 4.74 Å². The smallest absolute Gasteiger partial charge is 0.337 e. The Balaban J connectivity index is 2.45. The molecule has 1 aromatic carbocycles. The van der Waals surface area contributed by atoms with Gasteiger partial charge in [-0.25, -0.2) is 4.79 Å². The number of esters is 1. The summed E-state index contributed by atoms with van der Waals surface area (Å²) in [6.07, 6.45) is 1.15. The van der Waals surface area contributed by atoms with Crippen molar-refractivity contribution in [2.24, 2.45) is 5.16 Å². The van der Waals surface area contributed by atoms with Crippen LogP contribution in [0.2, 0.25) is 5.02 Å². The van der Waals surface area contributed by atoms with Gasteiger partial charge in [-0.2, -0.15) is 0 Å². The molecule has 19 heavy (non-hydrogen) atoms. The zero-order valence-corrected chi connectivity index (χ0v) is 10.7. The van der Waals surface area contributed by atoms with Crippen molar-refractivity contribution in [3.63, 3.8) is 0 Å². The van der Waals surface area contributed by atoms with Gasteiger partial charge in [0.2, 0.25) is 0 Å². The zero-order chi connectivity index (χ0) is 13.8. The van der Waals surface area contributed by atoms with Crippen LogP contribution < -0.4 is 0 Å². The lowest BCUT2D eigenvalue weighted by molar-refractivity contribution is 0.0601. The summed E-state index contributed by atoms with van der Waals surface area (Å²) in [6, 6.07) is 8.02. The van der Waals surface area contributed by atoms with E-state index in [-0.39, 0.29) is 0 Å². The van der Waals surface area contributed by atoms with Crippen molar-refractivity contribution in [2.75, 3.05) is 7.11 Å². The van der Waals surface area contributed by atoms with Crippen LogP contribution >= 0.6 is 11.6 Å². The lowest BCUT2D eigenvalue weighted by atomic mass is 10.1. The number of oxime groups is 1. The van der Waals surface area contributed by atoms with Crippen LogP contribution in [0.1, 0.15) is 16.1 Å². The topological polar surface area (TPSA) is 72.0 Å². The molecule has 0 aliphatic heterocycles. The van der Waals surface area contributed by atoms with Crippen molar-refractivity contribution >= 4 is 23.8 Å². The fourth-order valence-electron chi connectivity index (χ4n) is 1.58. The third-order valence-electron chi connectivity index (χ3n) is 2.46. The minimum Gasteiger partial charge on any atom is -0.465 e. The number of nitrogens with zero attached hydrogens (tertiary/aromatic N) is 1. The molecule has 2 rings (SSSR count). The Kier molecular flexibility index (Phi) is 3.87. The van der Waals surface area contributed by atoms with Crippen LogP contribution in [0.15, 0.2) is 39.9 Å². The van der Waals surface area contributed by atoms with Crippen molar-refractivity contribution < 1.29 is 19.2 Å². The minimum atomic E-state index is -0.457. The highest BCUT2D eigenvalue weighted by Crippen LogP contribution is 2.30. The van der Waals surface area contributed by atoms with Gasteiger partial charge < -0.3 is 14.4 Å². The number of benzene rings is 1. The second-order valence-corrected chi connectivity index (χ2v) is 4.04. The number of carbonyl (C=O) groups excluding carboxylic acids is 1. The van der Waals surface area contributed by atoms with Gasteiger partial charge in [0, 0.05) is 5.56 Å². The van der Waals surface area contributed by atoms with Crippen LogP contribution in [0, 0.1) is 0 Å². The fraction of sp³-hybridized carbons (Fsp3) is 0.0769. The molecule has 98 valence electrons. The molecule has 0 fully saturated rings. The number of hydrogen-bond donors (Lipinski definition) is 1. The SMILES string of the molecule is COC(=O)c1ccc(Cl)c(-c2ccc(/C=N/O)o2)c1. The number of methoxy groups -OCH3 is 1. The molecule has 1 aromatic heterocycles. The summed E-state index contributed by atoms with van der Waals surface area (Å²) in [7, 11) is 1.30. The first-order valence-corrected chi connectivity index (χ1v) is 5.69. The monoisotopic (exact) mass is 279 g/mol. The van der Waals surface area contributed by atoms with Crippen molar-refractivity contribution in [3.05, 3.63) is 46.7 Å². The first-order chi connectivity index (χ1) is 9.15. The number of halogens is 1. The molecule has 0 spiro atoms. The summed E-state index contributed by atoms with van der Waals surface area (Å²) in [5, 5.41) is 11.7. The number of carbonyl (C=O) groups is 1. The van der Waals surface area contributed by atoms with E-state index in [1.165, 1.54) is 7.11 Å². The zero-order valence-electron chi connectivity index (χ0n) is 9.96. The predicted octanol–water partition coefficient (Wildman–Crippen LogP) is 3.19. The third kappa shape index (κ3) is 2.77. The lowest BCUT2D eigenvalue weighted by Crippen LogP contribution is -2.00. The Morgan fingerprint density at radius 3 is 2.89 bits per heavy atom. The molecule has 0 atom stereocenters. The van der Waals surface area contributed by atoms with Crippen LogP contribution in [0.3, 0.4) is 0 Å². The molecule has 5 nitrogen and oxygen atoms in total. The average Bonchev–Trinajstić information content (AvgIpc) is 2.87. The van der Waals surface area contributed by atoms with E-state index in [0.717, 1.165) is 6.21 Å². The standard InChI is InChI=1S/C13H10ClNO4/c1-18-13(16)8-2-4-11(14)10(6-8)12-5-3-9(19-12)7-15-17/h2-7,17H,1H3/b15-7+. The molecule has 0 aliphatic rings. The average molecular weight is 280 g/mol. The normalized spacial score (nSPS) is 10.8. The minimum absolute atomic E-state index is 0.371. The largest absolute Gasteiger partial charge is 0.465 e. The molecule has 0 radical (unpaired) electrons. The highest BCUT2D eigenvalue weighted by atomic mass is 35.5. The maximum absolute atomic E-state index is 11.5. The predicted molar refractivity (Wildman–Crippen MR) is 69.9 cm³/mol. The molecule has 0 saturated heterocycles. The van der Waals surface area contributed by atoms with Crippen LogP contribution in [0.4, 0.5) is 0 Å². The summed E-state index contributed by atoms with van der Waals surface area (Å²) in [6.45, 7) is 0. The van der Waals surface area contributed by atoms with Crippen LogP contribution in [-0.4, -0.2) is 24.5 Å². The summed E-state index contributed by atoms with van der Waals surface area (Å²) >= 11 is 6.07. The lowest BCUT2D eigenvalue weighted by Gasteiger charge is -2.04. The highest BCUT2D eigenvalue weighted by Gasteiger charge is 2.13. The molecule has 2 aromatic rings. The van der Waals surface area contributed by atoms with E-state index < -0.39 is 5.97 Å². The molecule has 0 bridgehead atoms.